The summed E-state index contributed by atoms with van der Waals surface area (Å²) in [5.41, 5.74) is 2.10. The van der Waals surface area contributed by atoms with E-state index in [1.54, 1.807) is 18.0 Å². The van der Waals surface area contributed by atoms with Crippen LogP contribution in [0.1, 0.15) is 54.8 Å². The monoisotopic (exact) mass is 390 g/mol. The van der Waals surface area contributed by atoms with Gasteiger partial charge in [-0.25, -0.2) is 13.6 Å². The molecule has 7 heteroatoms. The molecule has 1 unspecified atom stereocenters. The number of benzene rings is 1. The van der Waals surface area contributed by atoms with Crippen LogP contribution in [0, 0.1) is 18.3 Å². The van der Waals surface area contributed by atoms with Crippen LogP contribution in [0.4, 0.5) is 8.78 Å². The van der Waals surface area contributed by atoms with E-state index in [9.17, 15) is 18.7 Å². The molecule has 2 aliphatic rings. The van der Waals surface area contributed by atoms with Crippen molar-refractivity contribution in [2.24, 2.45) is 0 Å². The van der Waals surface area contributed by atoms with Gasteiger partial charge in [0.25, 0.3) is 0 Å². The Morgan fingerprint density at radius 2 is 1.93 bits per heavy atom. The maximum Gasteiger partial charge on any atom is 0.339 e. The van der Waals surface area contributed by atoms with Gasteiger partial charge in [0.1, 0.15) is 11.3 Å². The summed E-state index contributed by atoms with van der Waals surface area (Å²) in [6.45, 7) is 1.84. The number of rotatable bonds is 2. The lowest BCUT2D eigenvalue weighted by molar-refractivity contribution is -0.132. The van der Waals surface area contributed by atoms with E-state index in [1.807, 2.05) is 19.1 Å². The normalized spacial score (nSPS) is 20.8. The van der Waals surface area contributed by atoms with E-state index in [0.29, 0.717) is 18.4 Å². The Kier molecular flexibility index (Phi) is 6.79. The summed E-state index contributed by atoms with van der Waals surface area (Å²) in [7, 11) is 1.74. The summed E-state index contributed by atoms with van der Waals surface area (Å²) in [6, 6.07) is 7.20. The fourth-order valence-corrected chi connectivity index (χ4v) is 3.23. The number of nitrogens with zero attached hydrogens (tertiary/aromatic N) is 2. The molecular formula is C21H24F2N2O3. The van der Waals surface area contributed by atoms with Gasteiger partial charge in [0.15, 0.2) is 0 Å². The summed E-state index contributed by atoms with van der Waals surface area (Å²) in [5.74, 6) is -3.77. The first-order valence-electron chi connectivity index (χ1n) is 9.11. The topological polar surface area (TPSA) is 84.6 Å². The van der Waals surface area contributed by atoms with Crippen LogP contribution >= 0.6 is 0 Å². The standard InChI is InChI=1S/C15H14N2O3.C6H10F2/c1-9-3-4-10(5-11(9)7-16)13-6-12(15(19)20)14(18)8-17(13)2;7-6(8)4-2-1-3-5-6/h3-6,8,13,18H,1-2H3,(H,19,20);1-5H2. The third-order valence-corrected chi connectivity index (χ3v) is 4.90. The SMILES string of the molecule is Cc1ccc(C2C=C(C(=O)O)C(O)=CN2C)cc1C#N.FC1(F)CCCCC1. The Hall–Kier alpha value is -2.88. The molecule has 0 spiro atoms. The number of carboxylic acids is 1. The van der Waals surface area contributed by atoms with Crippen molar-refractivity contribution in [1.29, 1.82) is 5.26 Å². The number of nitriles is 1. The Morgan fingerprint density at radius 1 is 1.29 bits per heavy atom. The molecule has 1 aromatic carbocycles. The van der Waals surface area contributed by atoms with E-state index < -0.39 is 11.9 Å². The van der Waals surface area contributed by atoms with Crippen molar-refractivity contribution < 1.29 is 23.8 Å². The van der Waals surface area contributed by atoms with Gasteiger partial charge in [0, 0.05) is 26.1 Å². The molecule has 1 heterocycles. The average Bonchev–Trinajstić information content (AvgIpc) is 2.62. The van der Waals surface area contributed by atoms with Gasteiger partial charge in [0.2, 0.25) is 5.92 Å². The van der Waals surface area contributed by atoms with Crippen LogP contribution in [-0.2, 0) is 4.79 Å². The molecule has 2 N–H and O–H groups in total. The number of carbonyl (C=O) groups is 1. The van der Waals surface area contributed by atoms with Crippen LogP contribution < -0.4 is 0 Å². The van der Waals surface area contributed by atoms with Gasteiger partial charge in [-0.1, -0.05) is 18.6 Å². The Labute approximate surface area is 163 Å². The zero-order valence-electron chi connectivity index (χ0n) is 16.0. The van der Waals surface area contributed by atoms with Gasteiger partial charge in [-0.15, -0.1) is 0 Å². The highest BCUT2D eigenvalue weighted by Gasteiger charge is 2.30. The number of likely N-dealkylation sites (N-methyl/N-ethyl adjacent to an activating group) is 1. The smallest absolute Gasteiger partial charge is 0.339 e. The zero-order chi connectivity index (χ0) is 20.9. The lowest BCUT2D eigenvalue weighted by Gasteiger charge is -2.29. The third-order valence-electron chi connectivity index (χ3n) is 4.90. The molecule has 1 aromatic rings. The van der Waals surface area contributed by atoms with Crippen LogP contribution in [-0.4, -0.2) is 34.1 Å². The van der Waals surface area contributed by atoms with Crippen LogP contribution in [0.2, 0.25) is 0 Å². The number of halogens is 2. The molecule has 0 bridgehead atoms. The highest BCUT2D eigenvalue weighted by molar-refractivity contribution is 5.91. The molecule has 1 atom stereocenters. The van der Waals surface area contributed by atoms with Gasteiger partial charge < -0.3 is 15.1 Å². The minimum absolute atomic E-state index is 0.118. The first kappa shape index (κ1) is 21.4. The summed E-state index contributed by atoms with van der Waals surface area (Å²) in [4.78, 5) is 12.8. The van der Waals surface area contributed by atoms with E-state index in [-0.39, 0.29) is 30.2 Å². The van der Waals surface area contributed by atoms with Crippen molar-refractivity contribution in [2.45, 2.75) is 51.0 Å². The number of aryl methyl sites for hydroxylation is 1. The van der Waals surface area contributed by atoms with Crippen molar-refractivity contribution in [1.82, 2.24) is 4.90 Å². The molecule has 0 amide bonds. The molecule has 0 saturated heterocycles. The molecule has 3 rings (SSSR count). The molecule has 1 aliphatic heterocycles. The Morgan fingerprint density at radius 3 is 2.43 bits per heavy atom. The summed E-state index contributed by atoms with van der Waals surface area (Å²) < 4.78 is 24.4. The molecule has 150 valence electrons. The molecule has 5 nitrogen and oxygen atoms in total. The molecule has 1 saturated carbocycles. The Bertz CT molecular complexity index is 833. The number of carboxylic acid groups (broad SMARTS) is 1. The molecular weight excluding hydrogens is 366 g/mol. The number of aliphatic hydroxyl groups excluding tert-OH is 1. The van der Waals surface area contributed by atoms with Gasteiger partial charge in [-0.3, -0.25) is 0 Å². The molecule has 1 fully saturated rings. The first-order valence-corrected chi connectivity index (χ1v) is 9.11. The van der Waals surface area contributed by atoms with E-state index in [0.717, 1.165) is 17.5 Å². The highest BCUT2D eigenvalue weighted by Crippen LogP contribution is 2.32. The summed E-state index contributed by atoms with van der Waals surface area (Å²) in [6.07, 6.45) is 5.51. The van der Waals surface area contributed by atoms with E-state index in [2.05, 4.69) is 6.07 Å². The van der Waals surface area contributed by atoms with Crippen LogP contribution in [0.25, 0.3) is 0 Å². The minimum Gasteiger partial charge on any atom is -0.506 e. The predicted molar refractivity (Wildman–Crippen MR) is 101 cm³/mol. The van der Waals surface area contributed by atoms with Crippen molar-refractivity contribution >= 4 is 5.97 Å². The number of hydrogen-bond donors (Lipinski definition) is 2. The fraction of sp³-hybridized carbons (Fsp3) is 0.429. The van der Waals surface area contributed by atoms with Crippen LogP contribution in [0.15, 0.2) is 41.8 Å². The Balaban J connectivity index is 0.000000292. The minimum atomic E-state index is -2.32. The van der Waals surface area contributed by atoms with Gasteiger partial charge in [-0.05, 0) is 43.0 Å². The lowest BCUT2D eigenvalue weighted by Crippen LogP contribution is -2.24. The largest absolute Gasteiger partial charge is 0.506 e. The zero-order valence-corrected chi connectivity index (χ0v) is 16.0. The third kappa shape index (κ3) is 5.32. The fourth-order valence-electron chi connectivity index (χ4n) is 3.23. The predicted octanol–water partition coefficient (Wildman–Crippen LogP) is 4.85. The number of alkyl halides is 2. The van der Waals surface area contributed by atoms with E-state index in [1.165, 1.54) is 12.3 Å². The summed E-state index contributed by atoms with van der Waals surface area (Å²) >= 11 is 0. The van der Waals surface area contributed by atoms with Crippen LogP contribution in [0.3, 0.4) is 0 Å². The quantitative estimate of drug-likeness (QED) is 0.754. The molecule has 0 aromatic heterocycles. The van der Waals surface area contributed by atoms with Crippen molar-refractivity contribution in [3.63, 3.8) is 0 Å². The van der Waals surface area contributed by atoms with Gasteiger partial charge >= 0.3 is 5.97 Å². The lowest BCUT2D eigenvalue weighted by atomic mass is 9.96. The summed E-state index contributed by atoms with van der Waals surface area (Å²) in [5, 5.41) is 27.8. The number of aliphatic hydroxyl groups is 1. The maximum absolute atomic E-state index is 12.2. The number of hydrogen-bond acceptors (Lipinski definition) is 4. The van der Waals surface area contributed by atoms with Crippen molar-refractivity contribution in [2.75, 3.05) is 7.05 Å². The van der Waals surface area contributed by atoms with Crippen molar-refractivity contribution in [3.05, 3.63) is 58.5 Å². The first-order chi connectivity index (χ1) is 13.1. The molecule has 1 aliphatic carbocycles. The van der Waals surface area contributed by atoms with E-state index >= 15 is 0 Å². The maximum atomic E-state index is 12.2. The second kappa shape index (κ2) is 8.87. The van der Waals surface area contributed by atoms with E-state index in [4.69, 9.17) is 10.4 Å². The molecule has 28 heavy (non-hydrogen) atoms. The molecule has 0 radical (unpaired) electrons. The number of aliphatic carboxylic acids is 1. The average molecular weight is 390 g/mol. The second-order valence-corrected chi connectivity index (χ2v) is 7.11. The van der Waals surface area contributed by atoms with Crippen LogP contribution in [0.5, 0.6) is 0 Å². The van der Waals surface area contributed by atoms with Gasteiger partial charge in [0.05, 0.1) is 17.7 Å². The second-order valence-electron chi connectivity index (χ2n) is 7.11. The highest BCUT2D eigenvalue weighted by atomic mass is 19.3. The van der Waals surface area contributed by atoms with Gasteiger partial charge in [-0.2, -0.15) is 5.26 Å². The van der Waals surface area contributed by atoms with Crippen molar-refractivity contribution in [3.8, 4) is 6.07 Å².